The van der Waals surface area contributed by atoms with E-state index in [9.17, 15) is 9.90 Å². The van der Waals surface area contributed by atoms with Crippen molar-refractivity contribution >= 4 is 11.5 Å². The van der Waals surface area contributed by atoms with Crippen LogP contribution >= 0.6 is 0 Å². The number of benzene rings is 4. The molecule has 0 aliphatic rings. The molecule has 9 nitrogen and oxygen atoms in total. The van der Waals surface area contributed by atoms with E-state index < -0.39 is 5.78 Å². The van der Waals surface area contributed by atoms with E-state index in [4.69, 9.17) is 14.2 Å². The molecule has 5 aromatic rings. The average Bonchev–Trinajstić information content (AvgIpc) is 3.48. The maximum absolute atomic E-state index is 13.2. The molecule has 0 radical (unpaired) electrons. The maximum Gasteiger partial charge on any atom is 0.228 e. The first-order valence-corrected chi connectivity index (χ1v) is 13.3. The van der Waals surface area contributed by atoms with E-state index in [0.717, 1.165) is 34.1 Å². The van der Waals surface area contributed by atoms with Crippen LogP contribution in [0.3, 0.4) is 0 Å². The number of hydrogen-bond acceptors (Lipinski definition) is 8. The Morgan fingerprint density at radius 1 is 0.833 bits per heavy atom. The number of aromatic nitrogens is 4. The fourth-order valence-electron chi connectivity index (χ4n) is 4.34. The molecule has 0 amide bonds. The minimum atomic E-state index is -0.551. The third-order valence-corrected chi connectivity index (χ3v) is 6.48. The zero-order valence-corrected chi connectivity index (χ0v) is 23.3. The van der Waals surface area contributed by atoms with Gasteiger partial charge < -0.3 is 19.3 Å². The van der Waals surface area contributed by atoms with E-state index >= 15 is 0 Å². The van der Waals surface area contributed by atoms with Gasteiger partial charge in [0.05, 0.1) is 13.7 Å². The molecule has 1 heterocycles. The van der Waals surface area contributed by atoms with E-state index in [1.807, 2.05) is 85.8 Å². The van der Waals surface area contributed by atoms with Gasteiger partial charge in [0.1, 0.15) is 36.2 Å². The molecule has 0 atom stereocenters. The molecule has 0 aliphatic carbocycles. The molecule has 5 rings (SSSR count). The first kappa shape index (κ1) is 28.1. The zero-order valence-electron chi connectivity index (χ0n) is 23.3. The van der Waals surface area contributed by atoms with Crippen LogP contribution in [-0.2, 0) is 19.8 Å². The van der Waals surface area contributed by atoms with Crippen molar-refractivity contribution in [1.29, 1.82) is 0 Å². The number of tetrazole rings is 1. The van der Waals surface area contributed by atoms with Crippen molar-refractivity contribution in [3.63, 3.8) is 0 Å². The lowest BCUT2D eigenvalue weighted by Gasteiger charge is -2.13. The quantitative estimate of drug-likeness (QED) is 0.112. The Bertz CT molecular complexity index is 1620. The average molecular weight is 563 g/mol. The Balaban J connectivity index is 1.37. The van der Waals surface area contributed by atoms with Gasteiger partial charge in [-0.15, -0.1) is 5.10 Å². The number of methoxy groups -OCH3 is 1. The Morgan fingerprint density at radius 3 is 2.02 bits per heavy atom. The molecule has 0 saturated carbocycles. The smallest absolute Gasteiger partial charge is 0.228 e. The molecule has 42 heavy (non-hydrogen) atoms. The van der Waals surface area contributed by atoms with Gasteiger partial charge in [-0.25, -0.2) is 4.68 Å². The van der Waals surface area contributed by atoms with E-state index in [1.54, 1.807) is 25.3 Å². The molecule has 0 aliphatic heterocycles. The highest BCUT2D eigenvalue weighted by Crippen LogP contribution is 2.28. The Kier molecular flexibility index (Phi) is 8.88. The van der Waals surface area contributed by atoms with Crippen molar-refractivity contribution < 1.29 is 24.1 Å². The molecule has 0 unspecified atom stereocenters. The fraction of sp³-hybridized carbons (Fsp3) is 0.152. The lowest BCUT2D eigenvalue weighted by Crippen LogP contribution is -2.12. The minimum Gasteiger partial charge on any atom is -0.507 e. The van der Waals surface area contributed by atoms with E-state index in [2.05, 4.69) is 15.5 Å². The Morgan fingerprint density at radius 2 is 1.45 bits per heavy atom. The second-order valence-electron chi connectivity index (χ2n) is 9.60. The van der Waals surface area contributed by atoms with Crippen molar-refractivity contribution in [3.05, 3.63) is 137 Å². The number of allylic oxidation sites excluding steroid dienone is 1. The summed E-state index contributed by atoms with van der Waals surface area (Å²) in [5.41, 5.74) is 4.17. The second-order valence-corrected chi connectivity index (χ2v) is 9.60. The molecule has 1 aromatic heterocycles. The van der Waals surface area contributed by atoms with Crippen molar-refractivity contribution in [3.8, 4) is 17.2 Å². The number of carbonyl (C=O) groups is 1. The van der Waals surface area contributed by atoms with E-state index in [0.29, 0.717) is 30.3 Å². The summed E-state index contributed by atoms with van der Waals surface area (Å²) in [7, 11) is 1.61. The van der Waals surface area contributed by atoms with Gasteiger partial charge >= 0.3 is 0 Å². The van der Waals surface area contributed by atoms with Gasteiger partial charge in [-0.2, -0.15) is 0 Å². The number of aryl methyl sites for hydroxylation is 1. The topological polar surface area (TPSA) is 109 Å². The van der Waals surface area contributed by atoms with Gasteiger partial charge in [-0.05, 0) is 57.8 Å². The molecular weight excluding hydrogens is 532 g/mol. The molecule has 212 valence electrons. The minimum absolute atomic E-state index is 0.00736. The van der Waals surface area contributed by atoms with E-state index in [-0.39, 0.29) is 18.1 Å². The number of rotatable bonds is 12. The van der Waals surface area contributed by atoms with Crippen molar-refractivity contribution in [1.82, 2.24) is 20.2 Å². The number of carbonyl (C=O) groups excluding carboxylic acids is 1. The molecule has 0 spiro atoms. The predicted molar refractivity (Wildman–Crippen MR) is 158 cm³/mol. The number of aliphatic hydroxyl groups excluding tert-OH is 1. The lowest BCUT2D eigenvalue weighted by atomic mass is 10.1. The van der Waals surface area contributed by atoms with Gasteiger partial charge in [-0.3, -0.25) is 4.79 Å². The summed E-state index contributed by atoms with van der Waals surface area (Å²) < 4.78 is 18.7. The van der Waals surface area contributed by atoms with Crippen LogP contribution in [0.2, 0.25) is 0 Å². The summed E-state index contributed by atoms with van der Waals surface area (Å²) in [6.07, 6.45) is 1.10. The van der Waals surface area contributed by atoms with Crippen LogP contribution in [-0.4, -0.2) is 38.2 Å². The summed E-state index contributed by atoms with van der Waals surface area (Å²) in [6, 6.07) is 30.2. The zero-order chi connectivity index (χ0) is 29.3. The summed E-state index contributed by atoms with van der Waals surface area (Å²) in [6.45, 7) is 2.86. The molecule has 1 N–H and O–H groups in total. The summed E-state index contributed by atoms with van der Waals surface area (Å²) >= 11 is 0. The monoisotopic (exact) mass is 562 g/mol. The van der Waals surface area contributed by atoms with Crippen LogP contribution in [0.4, 0.5) is 0 Å². The number of aliphatic hydroxyl groups is 1. The lowest BCUT2D eigenvalue weighted by molar-refractivity contribution is 0.103. The van der Waals surface area contributed by atoms with Crippen LogP contribution in [0.1, 0.15) is 38.4 Å². The SMILES string of the molecule is COc1ccc(Cn2nnnc2C(=O)C=C(O)c2cc(OCc3ccccc3)cc(OCc3ccccc3)c2)cc1C. The second kappa shape index (κ2) is 13.3. The number of nitrogens with zero attached hydrogens (tertiary/aromatic N) is 4. The van der Waals surface area contributed by atoms with Gasteiger partial charge in [0.15, 0.2) is 0 Å². The Hall–Kier alpha value is -5.44. The molecule has 4 aromatic carbocycles. The normalized spacial score (nSPS) is 11.2. The number of ketones is 1. The van der Waals surface area contributed by atoms with Crippen molar-refractivity contribution in [2.45, 2.75) is 26.7 Å². The standard InChI is InChI=1S/C33H30N4O5/c1-23-15-26(13-14-32(23)40-2)20-37-33(34-35-36-37)31(39)19-30(38)27-16-28(41-21-24-9-5-3-6-10-24)18-29(17-27)42-22-25-11-7-4-8-12-25/h3-19,38H,20-22H2,1-2H3. The first-order chi connectivity index (χ1) is 20.5. The summed E-state index contributed by atoms with van der Waals surface area (Å²) in [4.78, 5) is 13.2. The van der Waals surface area contributed by atoms with Gasteiger partial charge in [0.25, 0.3) is 0 Å². The largest absolute Gasteiger partial charge is 0.507 e. The van der Waals surface area contributed by atoms with Crippen molar-refractivity contribution in [2.24, 2.45) is 0 Å². The highest BCUT2D eigenvalue weighted by Gasteiger charge is 2.17. The van der Waals surface area contributed by atoms with Crippen LogP contribution in [0.15, 0.2) is 103 Å². The molecule has 0 fully saturated rings. The fourth-order valence-corrected chi connectivity index (χ4v) is 4.34. The van der Waals surface area contributed by atoms with Gasteiger partial charge in [0.2, 0.25) is 11.6 Å². The molecule has 0 bridgehead atoms. The third-order valence-electron chi connectivity index (χ3n) is 6.48. The van der Waals surface area contributed by atoms with Crippen LogP contribution in [0.25, 0.3) is 5.76 Å². The van der Waals surface area contributed by atoms with Crippen LogP contribution in [0.5, 0.6) is 17.2 Å². The molecule has 9 heteroatoms. The third kappa shape index (κ3) is 7.19. The van der Waals surface area contributed by atoms with Crippen LogP contribution in [0, 0.1) is 6.92 Å². The summed E-state index contributed by atoms with van der Waals surface area (Å²) in [5, 5.41) is 22.6. The van der Waals surface area contributed by atoms with Gasteiger partial charge in [0, 0.05) is 17.7 Å². The number of hydrogen-bond donors (Lipinski definition) is 1. The highest BCUT2D eigenvalue weighted by atomic mass is 16.5. The van der Waals surface area contributed by atoms with Crippen LogP contribution < -0.4 is 14.2 Å². The molecular formula is C33H30N4O5. The molecule has 0 saturated heterocycles. The number of ether oxygens (including phenoxy) is 3. The van der Waals surface area contributed by atoms with E-state index in [1.165, 1.54) is 4.68 Å². The maximum atomic E-state index is 13.2. The first-order valence-electron chi connectivity index (χ1n) is 13.3. The van der Waals surface area contributed by atoms with Crippen molar-refractivity contribution in [2.75, 3.05) is 7.11 Å². The van der Waals surface area contributed by atoms with Gasteiger partial charge in [-0.1, -0.05) is 72.8 Å². The Labute approximate surface area is 243 Å². The predicted octanol–water partition coefficient (Wildman–Crippen LogP) is 5.98. The highest BCUT2D eigenvalue weighted by molar-refractivity contribution is 6.05. The summed E-state index contributed by atoms with van der Waals surface area (Å²) in [5.74, 6) is 0.890.